The number of benzene rings is 2. The number of hydrogen-bond donors (Lipinski definition) is 1. The van der Waals surface area contributed by atoms with Crippen LogP contribution in [0.5, 0.6) is 5.75 Å². The molecule has 0 radical (unpaired) electrons. The molecule has 0 unspecified atom stereocenters. The van der Waals surface area contributed by atoms with Crippen molar-refractivity contribution >= 4 is 5.91 Å². The highest BCUT2D eigenvalue weighted by Gasteiger charge is 2.08. The molecule has 1 heterocycles. The van der Waals surface area contributed by atoms with E-state index in [1.165, 1.54) is 0 Å². The average Bonchev–Trinajstić information content (AvgIpc) is 2.71. The summed E-state index contributed by atoms with van der Waals surface area (Å²) < 4.78 is 5.61. The number of rotatable bonds is 7. The van der Waals surface area contributed by atoms with Crippen molar-refractivity contribution in [2.75, 3.05) is 6.61 Å². The van der Waals surface area contributed by atoms with Crippen LogP contribution in [0.25, 0.3) is 11.4 Å². The van der Waals surface area contributed by atoms with Crippen LogP contribution in [0.1, 0.15) is 29.3 Å². The van der Waals surface area contributed by atoms with Gasteiger partial charge < -0.3 is 10.1 Å². The minimum absolute atomic E-state index is 0.204. The molecule has 5 heteroatoms. The van der Waals surface area contributed by atoms with Gasteiger partial charge in [-0.1, -0.05) is 49.4 Å². The lowest BCUT2D eigenvalue weighted by Crippen LogP contribution is -2.23. The van der Waals surface area contributed by atoms with Crippen LogP contribution < -0.4 is 10.1 Å². The largest absolute Gasteiger partial charge is 0.494 e. The minimum Gasteiger partial charge on any atom is -0.494 e. The molecule has 1 amide bonds. The second-order valence-corrected chi connectivity index (χ2v) is 5.84. The third-order valence-corrected chi connectivity index (χ3v) is 3.77. The summed E-state index contributed by atoms with van der Waals surface area (Å²) in [6.07, 6.45) is 4.05. The van der Waals surface area contributed by atoms with Gasteiger partial charge in [-0.2, -0.15) is 0 Å². The number of hydrogen-bond acceptors (Lipinski definition) is 4. The molecule has 1 aromatic heterocycles. The fraction of sp³-hybridized carbons (Fsp3) is 0.190. The van der Waals surface area contributed by atoms with E-state index in [9.17, 15) is 4.79 Å². The van der Waals surface area contributed by atoms with Gasteiger partial charge in [-0.25, -0.2) is 9.97 Å². The molecule has 5 nitrogen and oxygen atoms in total. The van der Waals surface area contributed by atoms with Gasteiger partial charge in [-0.05, 0) is 24.1 Å². The Morgan fingerprint density at radius 2 is 1.81 bits per heavy atom. The van der Waals surface area contributed by atoms with Crippen LogP contribution in [0.3, 0.4) is 0 Å². The van der Waals surface area contributed by atoms with Gasteiger partial charge in [0.15, 0.2) is 5.82 Å². The predicted octanol–water partition coefficient (Wildman–Crippen LogP) is 3.86. The lowest BCUT2D eigenvalue weighted by molar-refractivity contribution is 0.0950. The SMILES string of the molecule is CCCOc1cccc(CNC(=O)c2cnc(-c3ccccc3)nc2)c1. The van der Waals surface area contributed by atoms with Crippen molar-refractivity contribution in [3.63, 3.8) is 0 Å². The second kappa shape index (κ2) is 8.76. The van der Waals surface area contributed by atoms with Crippen LogP contribution in [-0.2, 0) is 6.54 Å². The number of carbonyl (C=O) groups excluding carboxylic acids is 1. The normalized spacial score (nSPS) is 10.3. The Labute approximate surface area is 153 Å². The summed E-state index contributed by atoms with van der Waals surface area (Å²) in [7, 11) is 0. The van der Waals surface area contributed by atoms with Crippen molar-refractivity contribution in [1.82, 2.24) is 15.3 Å². The van der Waals surface area contributed by atoms with Gasteiger partial charge in [0.25, 0.3) is 5.91 Å². The summed E-state index contributed by atoms with van der Waals surface area (Å²) in [6.45, 7) is 3.17. The third-order valence-electron chi connectivity index (χ3n) is 3.77. The van der Waals surface area contributed by atoms with Crippen molar-refractivity contribution in [2.45, 2.75) is 19.9 Å². The summed E-state index contributed by atoms with van der Waals surface area (Å²) in [5.41, 5.74) is 2.33. The van der Waals surface area contributed by atoms with Crippen LogP contribution in [0.4, 0.5) is 0 Å². The molecule has 0 aliphatic carbocycles. The van der Waals surface area contributed by atoms with Crippen LogP contribution in [0.15, 0.2) is 67.0 Å². The van der Waals surface area contributed by atoms with Gasteiger partial charge in [0.1, 0.15) is 5.75 Å². The molecule has 132 valence electrons. The molecular weight excluding hydrogens is 326 g/mol. The quantitative estimate of drug-likeness (QED) is 0.705. The smallest absolute Gasteiger partial charge is 0.254 e. The molecule has 0 aliphatic heterocycles. The first-order valence-electron chi connectivity index (χ1n) is 8.63. The number of carbonyl (C=O) groups is 1. The Kier molecular flexibility index (Phi) is 5.93. The number of ether oxygens (including phenoxy) is 1. The number of nitrogens with zero attached hydrogens (tertiary/aromatic N) is 2. The molecule has 0 saturated heterocycles. The summed E-state index contributed by atoms with van der Waals surface area (Å²) in [6, 6.07) is 17.4. The molecular formula is C21H21N3O2. The van der Waals surface area contributed by atoms with E-state index < -0.39 is 0 Å². The number of nitrogens with one attached hydrogen (secondary N) is 1. The van der Waals surface area contributed by atoms with Crippen molar-refractivity contribution in [1.29, 1.82) is 0 Å². The highest BCUT2D eigenvalue weighted by atomic mass is 16.5. The fourth-order valence-electron chi connectivity index (χ4n) is 2.43. The van der Waals surface area contributed by atoms with Crippen molar-refractivity contribution < 1.29 is 9.53 Å². The first-order valence-corrected chi connectivity index (χ1v) is 8.63. The molecule has 0 fully saturated rings. The molecule has 0 atom stereocenters. The molecule has 1 N–H and O–H groups in total. The van der Waals surface area contributed by atoms with Crippen LogP contribution >= 0.6 is 0 Å². The van der Waals surface area contributed by atoms with Gasteiger partial charge in [0, 0.05) is 24.5 Å². The molecule has 0 saturated carbocycles. The zero-order valence-electron chi connectivity index (χ0n) is 14.7. The van der Waals surface area contributed by atoms with Crippen molar-refractivity contribution in [2.24, 2.45) is 0 Å². The summed E-state index contributed by atoms with van der Waals surface area (Å²) in [5.74, 6) is 1.21. The molecule has 26 heavy (non-hydrogen) atoms. The molecule has 3 aromatic rings. The standard InChI is InChI=1S/C21H21N3O2/c1-2-11-26-19-10-6-7-16(12-19)13-24-21(25)18-14-22-20(23-15-18)17-8-4-3-5-9-17/h3-10,12,14-15H,2,11,13H2,1H3,(H,24,25). The Morgan fingerprint density at radius 3 is 2.54 bits per heavy atom. The van der Waals surface area contributed by atoms with E-state index in [1.54, 1.807) is 12.4 Å². The predicted molar refractivity (Wildman–Crippen MR) is 101 cm³/mol. The fourth-order valence-corrected chi connectivity index (χ4v) is 2.43. The van der Waals surface area contributed by atoms with Crippen molar-refractivity contribution in [3.05, 3.63) is 78.1 Å². The van der Waals surface area contributed by atoms with Gasteiger partial charge in [0.2, 0.25) is 0 Å². The van der Waals surface area contributed by atoms with Gasteiger partial charge in [-0.3, -0.25) is 4.79 Å². The molecule has 3 rings (SSSR count). The van der Waals surface area contributed by atoms with E-state index in [2.05, 4.69) is 22.2 Å². The summed E-state index contributed by atoms with van der Waals surface area (Å²) in [4.78, 5) is 20.9. The van der Waals surface area contributed by atoms with E-state index in [0.29, 0.717) is 24.5 Å². The van der Waals surface area contributed by atoms with Gasteiger partial charge in [0.05, 0.1) is 12.2 Å². The van der Waals surface area contributed by atoms with Crippen LogP contribution in [-0.4, -0.2) is 22.5 Å². The van der Waals surface area contributed by atoms with Gasteiger partial charge in [-0.15, -0.1) is 0 Å². The topological polar surface area (TPSA) is 64.1 Å². The van der Waals surface area contributed by atoms with Gasteiger partial charge >= 0.3 is 0 Å². The van der Waals surface area contributed by atoms with Crippen molar-refractivity contribution in [3.8, 4) is 17.1 Å². The highest BCUT2D eigenvalue weighted by Crippen LogP contribution is 2.15. The number of aromatic nitrogens is 2. The first kappa shape index (κ1) is 17.6. The van der Waals surface area contributed by atoms with E-state index in [0.717, 1.165) is 23.3 Å². The number of amides is 1. The lowest BCUT2D eigenvalue weighted by atomic mass is 10.2. The average molecular weight is 347 g/mol. The monoisotopic (exact) mass is 347 g/mol. The summed E-state index contributed by atoms with van der Waals surface area (Å²) in [5, 5.41) is 2.88. The Balaban J connectivity index is 1.60. The lowest BCUT2D eigenvalue weighted by Gasteiger charge is -2.08. The third kappa shape index (κ3) is 4.66. The maximum Gasteiger partial charge on any atom is 0.254 e. The Bertz CT molecular complexity index is 849. The minimum atomic E-state index is -0.204. The first-order chi connectivity index (χ1) is 12.8. The van der Waals surface area contributed by atoms with Crippen LogP contribution in [0.2, 0.25) is 0 Å². The molecule has 2 aromatic carbocycles. The zero-order valence-corrected chi connectivity index (χ0v) is 14.7. The Morgan fingerprint density at radius 1 is 1.04 bits per heavy atom. The summed E-state index contributed by atoms with van der Waals surface area (Å²) >= 11 is 0. The maximum atomic E-state index is 12.3. The van der Waals surface area contributed by atoms with E-state index >= 15 is 0 Å². The Hall–Kier alpha value is -3.21. The zero-order chi connectivity index (χ0) is 18.2. The van der Waals surface area contributed by atoms with E-state index in [1.807, 2.05) is 54.6 Å². The molecule has 0 spiro atoms. The van der Waals surface area contributed by atoms with E-state index in [4.69, 9.17) is 4.74 Å². The second-order valence-electron chi connectivity index (χ2n) is 5.84. The molecule has 0 bridgehead atoms. The highest BCUT2D eigenvalue weighted by molar-refractivity contribution is 5.93. The van der Waals surface area contributed by atoms with Crippen LogP contribution in [0, 0.1) is 0 Å². The van der Waals surface area contributed by atoms with E-state index in [-0.39, 0.29) is 5.91 Å². The molecule has 0 aliphatic rings. The maximum absolute atomic E-state index is 12.3.